The van der Waals surface area contributed by atoms with E-state index in [1.165, 1.54) is 22.5 Å². The number of para-hydroxylation sites is 1. The molecular weight excluding hydrogens is 384 g/mol. The normalized spacial score (nSPS) is 11.7. The number of anilines is 1. The number of fused-ring (bicyclic) bond motifs is 1. The first-order valence-electron chi connectivity index (χ1n) is 9.15. The lowest BCUT2D eigenvalue weighted by molar-refractivity contribution is -0.129. The lowest BCUT2D eigenvalue weighted by Crippen LogP contribution is -2.17. The molecule has 4 rings (SSSR count). The molecule has 0 atom stereocenters. The van der Waals surface area contributed by atoms with Crippen LogP contribution >= 0.6 is 11.3 Å². The molecule has 6 nitrogen and oxygen atoms in total. The van der Waals surface area contributed by atoms with Crippen LogP contribution in [0.4, 0.5) is 5.13 Å². The number of aromatic nitrogens is 2. The van der Waals surface area contributed by atoms with Gasteiger partial charge in [-0.05, 0) is 42.7 Å². The summed E-state index contributed by atoms with van der Waals surface area (Å²) in [5.74, 6) is -1.06. The van der Waals surface area contributed by atoms with Crippen LogP contribution in [0.5, 0.6) is 0 Å². The number of nitrogens with one attached hydrogen (secondary N) is 2. The monoisotopic (exact) mass is 404 g/mol. The van der Waals surface area contributed by atoms with Gasteiger partial charge in [-0.2, -0.15) is 5.10 Å². The van der Waals surface area contributed by atoms with E-state index in [4.69, 9.17) is 0 Å². The van der Waals surface area contributed by atoms with E-state index in [-0.39, 0.29) is 12.1 Å². The number of aryl methyl sites for hydroxylation is 2. The second kappa shape index (κ2) is 7.89. The number of aromatic amines is 1. The molecule has 0 aliphatic carbocycles. The fraction of sp³-hybridized carbons (Fsp3) is 0.136. The predicted octanol–water partition coefficient (Wildman–Crippen LogP) is 5.00. The van der Waals surface area contributed by atoms with Crippen LogP contribution in [0, 0.1) is 13.8 Å². The number of benzene rings is 2. The largest absolute Gasteiger partial charge is 0.477 e. The van der Waals surface area contributed by atoms with Crippen LogP contribution in [0.25, 0.3) is 22.2 Å². The molecule has 0 saturated heterocycles. The standard InChI is InChI=1S/C22H20N4O2S/c1-13-7-8-15(9-14(13)2)20-12-29-22(24-20)26-25-19(21(27)28)10-16-11-23-18-6-4-3-5-17(16)18/h3-9,11-12,23H,10H2,1-2H3,(H,24,26)(H,27,28)/b25-19-. The maximum absolute atomic E-state index is 11.7. The third-order valence-corrected chi connectivity index (χ3v) is 5.62. The molecule has 3 N–H and O–H groups in total. The topological polar surface area (TPSA) is 90.4 Å². The SMILES string of the molecule is Cc1ccc(-c2csc(N/N=C(/Cc3c[nH]c4ccccc34)C(=O)O)n2)cc1C. The Morgan fingerprint density at radius 1 is 1.21 bits per heavy atom. The van der Waals surface area contributed by atoms with Crippen molar-refractivity contribution >= 4 is 39.1 Å². The predicted molar refractivity (Wildman–Crippen MR) is 118 cm³/mol. The van der Waals surface area contributed by atoms with Gasteiger partial charge in [0.1, 0.15) is 5.71 Å². The average Bonchev–Trinajstić information content (AvgIpc) is 3.34. The van der Waals surface area contributed by atoms with Crippen LogP contribution in [0.2, 0.25) is 0 Å². The van der Waals surface area contributed by atoms with E-state index in [1.54, 1.807) is 0 Å². The second-order valence-corrected chi connectivity index (χ2v) is 7.71. The summed E-state index contributed by atoms with van der Waals surface area (Å²) in [7, 11) is 0. The fourth-order valence-electron chi connectivity index (χ4n) is 3.09. The number of hydrogen-bond donors (Lipinski definition) is 3. The van der Waals surface area contributed by atoms with E-state index < -0.39 is 5.97 Å². The Hall–Kier alpha value is -3.45. The molecule has 2 heterocycles. The van der Waals surface area contributed by atoms with Crippen molar-refractivity contribution in [3.63, 3.8) is 0 Å². The van der Waals surface area contributed by atoms with E-state index in [9.17, 15) is 9.90 Å². The molecular formula is C22H20N4O2S. The van der Waals surface area contributed by atoms with Crippen molar-refractivity contribution in [2.45, 2.75) is 20.3 Å². The van der Waals surface area contributed by atoms with Crippen LogP contribution < -0.4 is 5.43 Å². The maximum atomic E-state index is 11.7. The number of H-pyrrole nitrogens is 1. The maximum Gasteiger partial charge on any atom is 0.352 e. The van der Waals surface area contributed by atoms with Gasteiger partial charge in [0.25, 0.3) is 0 Å². The van der Waals surface area contributed by atoms with Crippen molar-refractivity contribution in [2.24, 2.45) is 5.10 Å². The van der Waals surface area contributed by atoms with E-state index in [2.05, 4.69) is 46.5 Å². The highest BCUT2D eigenvalue weighted by Gasteiger charge is 2.14. The van der Waals surface area contributed by atoms with E-state index in [0.717, 1.165) is 27.7 Å². The molecule has 0 unspecified atom stereocenters. The number of nitrogens with zero attached hydrogens (tertiary/aromatic N) is 2. The first kappa shape index (κ1) is 18.9. The quantitative estimate of drug-likeness (QED) is 0.311. The number of hydrazone groups is 1. The van der Waals surface area contributed by atoms with E-state index in [0.29, 0.717) is 5.13 Å². The zero-order valence-electron chi connectivity index (χ0n) is 16.1. The molecule has 0 bridgehead atoms. The number of carboxylic acids is 1. The number of thiazole rings is 1. The molecule has 2 aromatic heterocycles. The van der Waals surface area contributed by atoms with Gasteiger partial charge >= 0.3 is 5.97 Å². The number of hydrogen-bond acceptors (Lipinski definition) is 5. The molecule has 2 aromatic carbocycles. The minimum Gasteiger partial charge on any atom is -0.477 e. The number of rotatable bonds is 6. The van der Waals surface area contributed by atoms with Gasteiger partial charge in [-0.1, -0.05) is 30.3 Å². The molecule has 146 valence electrons. The first-order chi connectivity index (χ1) is 14.0. The highest BCUT2D eigenvalue weighted by atomic mass is 32.1. The smallest absolute Gasteiger partial charge is 0.352 e. The summed E-state index contributed by atoms with van der Waals surface area (Å²) in [5.41, 5.74) is 8.99. The van der Waals surface area contributed by atoms with Crippen LogP contribution in [0.15, 0.2) is 59.1 Å². The molecule has 0 saturated carbocycles. The van der Waals surface area contributed by atoms with Gasteiger partial charge < -0.3 is 10.1 Å². The molecule has 0 fully saturated rings. The lowest BCUT2D eigenvalue weighted by Gasteiger charge is -2.03. The van der Waals surface area contributed by atoms with Gasteiger partial charge in [-0.15, -0.1) is 11.3 Å². The molecule has 29 heavy (non-hydrogen) atoms. The Kier molecular flexibility index (Phi) is 5.14. The van der Waals surface area contributed by atoms with Crippen molar-refractivity contribution in [3.05, 3.63) is 70.7 Å². The Balaban J connectivity index is 1.53. The Morgan fingerprint density at radius 2 is 2.03 bits per heavy atom. The summed E-state index contributed by atoms with van der Waals surface area (Å²) in [6, 6.07) is 14.0. The van der Waals surface area contributed by atoms with Gasteiger partial charge in [0, 0.05) is 34.5 Å². The minimum atomic E-state index is -1.06. The highest BCUT2D eigenvalue weighted by molar-refractivity contribution is 7.14. The zero-order valence-corrected chi connectivity index (χ0v) is 16.9. The number of carboxylic acid groups (broad SMARTS) is 1. The summed E-state index contributed by atoms with van der Waals surface area (Å²) < 4.78 is 0. The van der Waals surface area contributed by atoms with Crippen molar-refractivity contribution in [2.75, 3.05) is 5.43 Å². The lowest BCUT2D eigenvalue weighted by atomic mass is 10.1. The second-order valence-electron chi connectivity index (χ2n) is 6.85. The Labute approximate surface area is 171 Å². The van der Waals surface area contributed by atoms with Crippen LogP contribution in [-0.4, -0.2) is 26.8 Å². The van der Waals surface area contributed by atoms with Crippen LogP contribution in [0.3, 0.4) is 0 Å². The molecule has 4 aromatic rings. The van der Waals surface area contributed by atoms with E-state index >= 15 is 0 Å². The van der Waals surface area contributed by atoms with Crippen molar-refractivity contribution in [1.82, 2.24) is 9.97 Å². The number of aliphatic carboxylic acids is 1. The van der Waals surface area contributed by atoms with Gasteiger partial charge in [0.05, 0.1) is 5.69 Å². The molecule has 0 radical (unpaired) electrons. The Bertz CT molecular complexity index is 1220. The van der Waals surface area contributed by atoms with Gasteiger partial charge in [-0.25, -0.2) is 9.78 Å². The van der Waals surface area contributed by atoms with Gasteiger partial charge in [0.15, 0.2) is 0 Å². The molecule has 0 spiro atoms. The number of carbonyl (C=O) groups is 1. The molecule has 0 aliphatic heterocycles. The van der Waals surface area contributed by atoms with E-state index in [1.807, 2.05) is 41.9 Å². The summed E-state index contributed by atoms with van der Waals surface area (Å²) in [5, 5.41) is 17.2. The fourth-order valence-corrected chi connectivity index (χ4v) is 3.76. The van der Waals surface area contributed by atoms with Gasteiger partial charge in [0.2, 0.25) is 5.13 Å². The molecule has 0 amide bonds. The minimum absolute atomic E-state index is 0.0256. The van der Waals surface area contributed by atoms with Crippen molar-refractivity contribution in [1.29, 1.82) is 0 Å². The molecule has 0 aliphatic rings. The summed E-state index contributed by atoms with van der Waals surface area (Å²) >= 11 is 1.39. The zero-order chi connectivity index (χ0) is 20.4. The van der Waals surface area contributed by atoms with Crippen molar-refractivity contribution in [3.8, 4) is 11.3 Å². The summed E-state index contributed by atoms with van der Waals surface area (Å²) in [6.45, 7) is 4.14. The third-order valence-electron chi connectivity index (χ3n) is 4.87. The van der Waals surface area contributed by atoms with Crippen molar-refractivity contribution < 1.29 is 9.90 Å². The Morgan fingerprint density at radius 3 is 2.83 bits per heavy atom. The van der Waals surface area contributed by atoms with Crippen LogP contribution in [0.1, 0.15) is 16.7 Å². The summed E-state index contributed by atoms with van der Waals surface area (Å²) in [6.07, 6.45) is 2.03. The first-order valence-corrected chi connectivity index (χ1v) is 10.0. The summed E-state index contributed by atoms with van der Waals surface area (Å²) in [4.78, 5) is 19.4. The highest BCUT2D eigenvalue weighted by Crippen LogP contribution is 2.26. The average molecular weight is 404 g/mol. The molecule has 7 heteroatoms. The van der Waals surface area contributed by atoms with Gasteiger partial charge in [-0.3, -0.25) is 5.43 Å². The third kappa shape index (κ3) is 4.05. The van der Waals surface area contributed by atoms with Crippen LogP contribution in [-0.2, 0) is 11.2 Å².